The molecule has 0 aliphatic carbocycles. The Morgan fingerprint density at radius 1 is 1.00 bits per heavy atom. The van der Waals surface area contributed by atoms with Crippen LogP contribution in [0.1, 0.15) is 32.6 Å². The van der Waals surface area contributed by atoms with E-state index in [0.717, 1.165) is 32.2 Å². The predicted octanol–water partition coefficient (Wildman–Crippen LogP) is 4.21. The largest absolute Gasteiger partial charge is 0.508 e. The second kappa shape index (κ2) is 6.52. The lowest BCUT2D eigenvalue weighted by molar-refractivity contribution is 0.0231. The van der Waals surface area contributed by atoms with Gasteiger partial charge in [0.15, 0.2) is 5.60 Å². The van der Waals surface area contributed by atoms with E-state index in [0.29, 0.717) is 11.1 Å². The van der Waals surface area contributed by atoms with Gasteiger partial charge in [-0.05, 0) is 42.8 Å². The first-order valence-electron chi connectivity index (χ1n) is 10.1. The summed E-state index contributed by atoms with van der Waals surface area (Å²) in [6.45, 7) is -0.292. The number of esters is 1. The third-order valence-corrected chi connectivity index (χ3v) is 9.39. The van der Waals surface area contributed by atoms with Crippen LogP contribution in [-0.4, -0.2) is 42.8 Å². The van der Waals surface area contributed by atoms with Crippen LogP contribution in [0.15, 0.2) is 64.4 Å². The van der Waals surface area contributed by atoms with Crippen LogP contribution in [0.3, 0.4) is 0 Å². The van der Waals surface area contributed by atoms with Gasteiger partial charge >= 0.3 is 5.97 Å². The van der Waals surface area contributed by atoms with Crippen molar-refractivity contribution >= 4 is 21.7 Å². The molecule has 0 saturated carbocycles. The van der Waals surface area contributed by atoms with Crippen molar-refractivity contribution in [3.63, 3.8) is 0 Å². The summed E-state index contributed by atoms with van der Waals surface area (Å²) in [5.41, 5.74) is 3.54. The number of fused-ring (bicyclic) bond motifs is 6. The molecule has 5 rings (SSSR count). The van der Waals surface area contributed by atoms with Crippen molar-refractivity contribution < 1.29 is 19.7 Å². The van der Waals surface area contributed by atoms with Crippen molar-refractivity contribution in [2.24, 2.45) is 0 Å². The van der Waals surface area contributed by atoms with E-state index in [-0.39, 0.29) is 18.3 Å². The fourth-order valence-corrected chi connectivity index (χ4v) is 7.95. The minimum atomic E-state index is -1.64. The third-order valence-electron chi connectivity index (χ3n) is 6.47. The molecule has 31 heavy (non-hydrogen) atoms. The molecule has 0 fully saturated rings. The Kier molecular flexibility index (Phi) is 4.20. The van der Waals surface area contributed by atoms with E-state index >= 15 is 0 Å². The summed E-state index contributed by atoms with van der Waals surface area (Å²) < 4.78 is 6.24. The predicted molar refractivity (Wildman–Crippen MR) is 123 cm³/mol. The molecular weight excluding hydrogens is 410 g/mol. The minimum absolute atomic E-state index is 0.0572. The van der Waals surface area contributed by atoms with Crippen LogP contribution < -0.4 is 4.90 Å². The maximum absolute atomic E-state index is 13.0. The van der Waals surface area contributed by atoms with Gasteiger partial charge < -0.3 is 19.8 Å². The molecule has 1 spiro atoms. The van der Waals surface area contributed by atoms with Crippen LogP contribution in [0.4, 0.5) is 5.69 Å². The minimum Gasteiger partial charge on any atom is -0.508 e. The molecule has 3 aromatic carbocycles. The van der Waals surface area contributed by atoms with Gasteiger partial charge in [0.2, 0.25) is 0 Å². The second-order valence-electron chi connectivity index (χ2n) is 8.62. The van der Waals surface area contributed by atoms with Crippen molar-refractivity contribution in [1.29, 1.82) is 0 Å². The number of anilines is 1. The summed E-state index contributed by atoms with van der Waals surface area (Å²) >= 11 is 0. The number of hydrogen-bond acceptors (Lipinski definition) is 5. The Hall–Kier alpha value is -2.96. The number of nitrogens with zero attached hydrogens (tertiary/aromatic N) is 1. The molecule has 1 unspecified atom stereocenters. The lowest BCUT2D eigenvalue weighted by atomic mass is 9.78. The smallest absolute Gasteiger partial charge is 0.340 e. The van der Waals surface area contributed by atoms with Crippen molar-refractivity contribution in [3.05, 3.63) is 82.4 Å². The molecular formula is C25H25NO4S. The standard InChI is InChI=1S/C25H25NO4S/c1-26(2)15-9-10-19-22(13-15)31(3,4)23-17(14-27)21(28)12-11-20(23)25(19)18-8-6-5-7-16(18)24(29)30-25/h5-13,27-28H,14H2,1-4H3. The Labute approximate surface area is 183 Å². The van der Waals surface area contributed by atoms with Gasteiger partial charge in [-0.2, -0.15) is 10.0 Å². The normalized spacial score (nSPS) is 21.1. The molecule has 0 amide bonds. The van der Waals surface area contributed by atoms with Gasteiger partial charge in [0, 0.05) is 51.8 Å². The number of phenols is 1. The molecule has 2 aliphatic rings. The Balaban J connectivity index is 1.97. The highest BCUT2D eigenvalue weighted by Crippen LogP contribution is 2.70. The highest BCUT2D eigenvalue weighted by molar-refractivity contribution is 8.32. The number of aliphatic hydroxyl groups excluding tert-OH is 1. The van der Waals surface area contributed by atoms with E-state index in [2.05, 4.69) is 24.6 Å². The van der Waals surface area contributed by atoms with Crippen molar-refractivity contribution in [2.75, 3.05) is 31.5 Å². The molecule has 2 aliphatic heterocycles. The highest BCUT2D eigenvalue weighted by atomic mass is 32.3. The zero-order chi connectivity index (χ0) is 22.1. The summed E-state index contributed by atoms with van der Waals surface area (Å²) in [4.78, 5) is 17.0. The van der Waals surface area contributed by atoms with Crippen LogP contribution in [0.25, 0.3) is 0 Å². The van der Waals surface area contributed by atoms with Gasteiger partial charge in [-0.15, -0.1) is 0 Å². The molecule has 3 aromatic rings. The van der Waals surface area contributed by atoms with Crippen molar-refractivity contribution in [1.82, 2.24) is 0 Å². The van der Waals surface area contributed by atoms with Crippen LogP contribution in [0.2, 0.25) is 0 Å². The lowest BCUT2D eigenvalue weighted by Gasteiger charge is -2.48. The molecule has 2 heterocycles. The number of aliphatic hydroxyl groups is 1. The monoisotopic (exact) mass is 435 g/mol. The average molecular weight is 436 g/mol. The zero-order valence-corrected chi connectivity index (χ0v) is 18.8. The number of hydrogen-bond donors (Lipinski definition) is 2. The Morgan fingerprint density at radius 3 is 2.42 bits per heavy atom. The van der Waals surface area contributed by atoms with Gasteiger partial charge in [0.1, 0.15) is 5.75 Å². The van der Waals surface area contributed by atoms with E-state index in [1.807, 2.05) is 49.3 Å². The first kappa shape index (κ1) is 20.0. The Bertz CT molecular complexity index is 1250. The zero-order valence-electron chi connectivity index (χ0n) is 18.0. The van der Waals surface area contributed by atoms with E-state index in [1.54, 1.807) is 12.1 Å². The average Bonchev–Trinajstić information content (AvgIpc) is 3.05. The first-order chi connectivity index (χ1) is 14.7. The molecule has 0 aromatic heterocycles. The molecule has 1 atom stereocenters. The topological polar surface area (TPSA) is 70.0 Å². The van der Waals surface area contributed by atoms with E-state index in [1.165, 1.54) is 0 Å². The molecule has 2 N–H and O–H groups in total. The van der Waals surface area contributed by atoms with E-state index in [9.17, 15) is 15.0 Å². The number of rotatable bonds is 2. The molecule has 0 radical (unpaired) electrons. The SMILES string of the molecule is CN(C)c1ccc2c(c1)S(C)(C)c1c(ccc(O)c1CO)C21OC(=O)c2ccccc21. The molecule has 0 bridgehead atoms. The van der Waals surface area contributed by atoms with Crippen LogP contribution >= 0.6 is 10.0 Å². The second-order valence-corrected chi connectivity index (χ2v) is 12.1. The number of carbonyl (C=O) groups excluding carboxylic acids is 1. The summed E-state index contributed by atoms with van der Waals surface area (Å²) in [6, 6.07) is 17.2. The number of carbonyl (C=O) groups is 1. The van der Waals surface area contributed by atoms with Gasteiger partial charge in [-0.25, -0.2) is 4.79 Å². The van der Waals surface area contributed by atoms with E-state index < -0.39 is 15.6 Å². The summed E-state index contributed by atoms with van der Waals surface area (Å²) in [5.74, 6) is -0.306. The fourth-order valence-electron chi connectivity index (χ4n) is 5.00. The maximum atomic E-state index is 13.0. The quantitative estimate of drug-likeness (QED) is 0.590. The molecule has 6 heteroatoms. The number of benzene rings is 3. The van der Waals surface area contributed by atoms with Crippen molar-refractivity contribution in [2.45, 2.75) is 22.0 Å². The molecule has 0 saturated heterocycles. The van der Waals surface area contributed by atoms with Gasteiger partial charge in [-0.3, -0.25) is 0 Å². The maximum Gasteiger partial charge on any atom is 0.340 e. The first-order valence-corrected chi connectivity index (χ1v) is 12.5. The van der Waals surface area contributed by atoms with Crippen LogP contribution in [0.5, 0.6) is 5.75 Å². The molecule has 160 valence electrons. The van der Waals surface area contributed by atoms with Crippen molar-refractivity contribution in [3.8, 4) is 5.75 Å². The molecule has 5 nitrogen and oxygen atoms in total. The van der Waals surface area contributed by atoms with Gasteiger partial charge in [0.25, 0.3) is 0 Å². The van der Waals surface area contributed by atoms with E-state index in [4.69, 9.17) is 4.74 Å². The van der Waals surface area contributed by atoms with Crippen LogP contribution in [-0.2, 0) is 16.9 Å². The number of aromatic hydroxyl groups is 1. The van der Waals surface area contributed by atoms with Gasteiger partial charge in [-0.1, -0.05) is 24.3 Å². The Morgan fingerprint density at radius 2 is 1.71 bits per heavy atom. The van der Waals surface area contributed by atoms with Gasteiger partial charge in [0.05, 0.1) is 12.2 Å². The lowest BCUT2D eigenvalue weighted by Crippen LogP contribution is -2.36. The number of ether oxygens (including phenoxy) is 1. The third kappa shape index (κ3) is 2.46. The summed E-state index contributed by atoms with van der Waals surface area (Å²) in [6.07, 6.45) is 4.33. The fraction of sp³-hybridized carbons (Fsp3) is 0.240. The summed E-state index contributed by atoms with van der Waals surface area (Å²) in [5, 5.41) is 20.8. The highest BCUT2D eigenvalue weighted by Gasteiger charge is 2.55. The summed E-state index contributed by atoms with van der Waals surface area (Å²) in [7, 11) is 2.34. The van der Waals surface area contributed by atoms with Crippen LogP contribution in [0, 0.1) is 0 Å².